The van der Waals surface area contributed by atoms with Gasteiger partial charge in [0.1, 0.15) is 6.61 Å². The quantitative estimate of drug-likeness (QED) is 0.790. The molecule has 0 unspecified atom stereocenters. The van der Waals surface area contributed by atoms with Crippen molar-refractivity contribution in [3.8, 4) is 0 Å². The summed E-state index contributed by atoms with van der Waals surface area (Å²) in [5.41, 5.74) is 0.485. The van der Waals surface area contributed by atoms with Crippen LogP contribution in [-0.2, 0) is 11.3 Å². The Morgan fingerprint density at radius 2 is 1.95 bits per heavy atom. The lowest BCUT2D eigenvalue weighted by molar-refractivity contribution is 0.0383. The molecule has 1 fully saturated rings. The molecule has 0 atom stereocenters. The van der Waals surface area contributed by atoms with E-state index in [1.165, 1.54) is 6.04 Å². The second-order valence-corrected chi connectivity index (χ2v) is 13.2. The first-order valence-corrected chi connectivity index (χ1v) is 11.6. The van der Waals surface area contributed by atoms with Gasteiger partial charge in [-0.3, -0.25) is 0 Å². The van der Waals surface area contributed by atoms with Crippen molar-refractivity contribution in [2.24, 2.45) is 5.92 Å². The predicted octanol–water partition coefficient (Wildman–Crippen LogP) is 3.39. The number of carbonyl (C=O) groups excluding carboxylic acids is 1. The molecule has 1 aromatic rings. The van der Waals surface area contributed by atoms with Gasteiger partial charge in [0.05, 0.1) is 12.1 Å². The largest absolute Gasteiger partial charge is 0.445 e. The maximum Gasteiger partial charge on any atom is 0.407 e. The number of aliphatic hydroxyl groups is 1. The highest BCUT2D eigenvalue weighted by molar-refractivity contribution is 6.76. The van der Waals surface area contributed by atoms with Gasteiger partial charge in [0, 0.05) is 8.07 Å². The monoisotopic (exact) mass is 321 g/mol. The number of hydrogen-bond donors (Lipinski definition) is 2. The first-order chi connectivity index (χ1) is 10.3. The lowest BCUT2D eigenvalue weighted by atomic mass is 9.69. The molecule has 2 N–H and O–H groups in total. The maximum atomic E-state index is 11.9. The van der Waals surface area contributed by atoms with Crippen molar-refractivity contribution in [1.82, 2.24) is 5.32 Å². The number of amides is 1. The smallest absolute Gasteiger partial charge is 0.407 e. The summed E-state index contributed by atoms with van der Waals surface area (Å²) in [5, 5.41) is 12.5. The topological polar surface area (TPSA) is 58.6 Å². The normalized spacial score (nSPS) is 24.5. The number of hydrogen-bond acceptors (Lipinski definition) is 3. The summed E-state index contributed by atoms with van der Waals surface area (Å²) in [6, 6.07) is 10.8. The van der Waals surface area contributed by atoms with Gasteiger partial charge in [-0.1, -0.05) is 56.0 Å². The predicted molar refractivity (Wildman–Crippen MR) is 90.5 cm³/mol. The zero-order valence-electron chi connectivity index (χ0n) is 13.8. The Bertz CT molecular complexity index is 492. The number of rotatable bonds is 6. The number of ether oxygens (including phenoxy) is 1. The molecular formula is C17H27NO3Si. The van der Waals surface area contributed by atoms with E-state index in [0.29, 0.717) is 5.92 Å². The fourth-order valence-electron chi connectivity index (χ4n) is 3.30. The molecule has 1 aromatic carbocycles. The van der Waals surface area contributed by atoms with Crippen LogP contribution in [0.15, 0.2) is 30.3 Å². The van der Waals surface area contributed by atoms with Crippen molar-refractivity contribution < 1.29 is 14.6 Å². The summed E-state index contributed by atoms with van der Waals surface area (Å²) >= 11 is 0. The highest BCUT2D eigenvalue weighted by Gasteiger charge is 2.46. The number of nitrogens with one attached hydrogen (secondary N) is 1. The first-order valence-electron chi connectivity index (χ1n) is 7.92. The van der Waals surface area contributed by atoms with E-state index in [4.69, 9.17) is 4.74 Å². The van der Waals surface area contributed by atoms with Crippen LogP contribution < -0.4 is 5.32 Å². The Hall–Kier alpha value is -1.33. The van der Waals surface area contributed by atoms with E-state index in [1.807, 2.05) is 30.3 Å². The van der Waals surface area contributed by atoms with Crippen molar-refractivity contribution in [2.75, 3.05) is 6.61 Å². The van der Waals surface area contributed by atoms with Crippen LogP contribution in [0.2, 0.25) is 25.7 Å². The third-order valence-electron chi connectivity index (χ3n) is 4.14. The van der Waals surface area contributed by atoms with Crippen molar-refractivity contribution in [2.45, 2.75) is 50.7 Å². The first kappa shape index (κ1) is 17.0. The third kappa shape index (κ3) is 4.85. The number of benzene rings is 1. The molecule has 2 rings (SSSR count). The van der Waals surface area contributed by atoms with E-state index >= 15 is 0 Å². The molecular weight excluding hydrogens is 294 g/mol. The zero-order valence-corrected chi connectivity index (χ0v) is 14.8. The summed E-state index contributed by atoms with van der Waals surface area (Å²) in [4.78, 5) is 11.9. The van der Waals surface area contributed by atoms with Gasteiger partial charge in [-0.15, -0.1) is 0 Å². The van der Waals surface area contributed by atoms with Crippen molar-refractivity contribution in [3.63, 3.8) is 0 Å². The van der Waals surface area contributed by atoms with E-state index in [1.54, 1.807) is 0 Å². The Labute approximate surface area is 133 Å². The average molecular weight is 321 g/mol. The fourth-order valence-corrected chi connectivity index (χ4v) is 5.32. The molecule has 0 radical (unpaired) electrons. The summed E-state index contributed by atoms with van der Waals surface area (Å²) in [7, 11) is -1.09. The van der Waals surface area contributed by atoms with Gasteiger partial charge in [0.2, 0.25) is 0 Å². The van der Waals surface area contributed by atoms with E-state index in [2.05, 4.69) is 25.0 Å². The molecule has 0 saturated heterocycles. The van der Waals surface area contributed by atoms with E-state index in [0.717, 1.165) is 18.4 Å². The molecule has 0 heterocycles. The summed E-state index contributed by atoms with van der Waals surface area (Å²) in [6.45, 7) is 7.30. The molecule has 0 aliphatic heterocycles. The van der Waals surface area contributed by atoms with E-state index < -0.39 is 19.7 Å². The van der Waals surface area contributed by atoms with Gasteiger partial charge in [0.25, 0.3) is 0 Å². The van der Waals surface area contributed by atoms with Crippen molar-refractivity contribution >= 4 is 14.2 Å². The van der Waals surface area contributed by atoms with Gasteiger partial charge in [-0.25, -0.2) is 4.79 Å². The summed E-state index contributed by atoms with van der Waals surface area (Å²) in [5.74, 6) is 0.619. The molecule has 4 nitrogen and oxygen atoms in total. The molecule has 0 aromatic heterocycles. The molecule has 0 spiro atoms. The highest BCUT2D eigenvalue weighted by Crippen LogP contribution is 2.42. The van der Waals surface area contributed by atoms with Gasteiger partial charge >= 0.3 is 6.09 Å². The van der Waals surface area contributed by atoms with Crippen LogP contribution in [0.3, 0.4) is 0 Å². The van der Waals surface area contributed by atoms with Crippen LogP contribution in [-0.4, -0.2) is 31.4 Å². The minimum absolute atomic E-state index is 0.0182. The standard InChI is InChI=1S/C17H27NO3Si/c1-22(2,3)12-15-9-17(10-15,13-19)18-16(20)21-11-14-7-5-4-6-8-14/h4-8,15,19H,9-13H2,1-3H3,(H,18,20). The average Bonchev–Trinajstić information content (AvgIpc) is 2.42. The van der Waals surface area contributed by atoms with Crippen LogP contribution in [0, 0.1) is 5.92 Å². The Balaban J connectivity index is 1.78. The maximum absolute atomic E-state index is 11.9. The molecule has 122 valence electrons. The second kappa shape index (κ2) is 6.83. The Kier molecular flexibility index (Phi) is 5.29. The molecule has 1 aliphatic rings. The molecule has 22 heavy (non-hydrogen) atoms. The summed E-state index contributed by atoms with van der Waals surface area (Å²) in [6.07, 6.45) is 1.27. The minimum atomic E-state index is -1.09. The van der Waals surface area contributed by atoms with Crippen LogP contribution in [0.25, 0.3) is 0 Å². The third-order valence-corrected chi connectivity index (χ3v) is 5.94. The van der Waals surface area contributed by atoms with Gasteiger partial charge < -0.3 is 15.2 Å². The Morgan fingerprint density at radius 3 is 2.50 bits per heavy atom. The molecule has 1 amide bonds. The van der Waals surface area contributed by atoms with E-state index in [-0.39, 0.29) is 13.2 Å². The van der Waals surface area contributed by atoms with Crippen LogP contribution in [0.5, 0.6) is 0 Å². The molecule has 0 bridgehead atoms. The van der Waals surface area contributed by atoms with Crippen LogP contribution >= 0.6 is 0 Å². The SMILES string of the molecule is C[Si](C)(C)CC1CC(CO)(NC(=O)OCc2ccccc2)C1. The van der Waals surface area contributed by atoms with E-state index in [9.17, 15) is 9.90 Å². The lowest BCUT2D eigenvalue weighted by Crippen LogP contribution is -2.60. The van der Waals surface area contributed by atoms with Gasteiger partial charge in [-0.05, 0) is 24.3 Å². The molecule has 5 heteroatoms. The van der Waals surface area contributed by atoms with Gasteiger partial charge in [-0.2, -0.15) is 0 Å². The molecule has 1 saturated carbocycles. The number of aliphatic hydroxyl groups excluding tert-OH is 1. The lowest BCUT2D eigenvalue weighted by Gasteiger charge is -2.48. The zero-order chi connectivity index (χ0) is 16.2. The van der Waals surface area contributed by atoms with Crippen LogP contribution in [0.1, 0.15) is 18.4 Å². The number of alkyl carbamates (subject to hydrolysis) is 1. The van der Waals surface area contributed by atoms with Crippen molar-refractivity contribution in [1.29, 1.82) is 0 Å². The second-order valence-electron chi connectivity index (χ2n) is 7.66. The van der Waals surface area contributed by atoms with Crippen molar-refractivity contribution in [3.05, 3.63) is 35.9 Å². The number of carbonyl (C=O) groups is 1. The molecule has 1 aliphatic carbocycles. The fraction of sp³-hybridized carbons (Fsp3) is 0.588. The van der Waals surface area contributed by atoms with Gasteiger partial charge in [0.15, 0.2) is 0 Å². The highest BCUT2D eigenvalue weighted by atomic mass is 28.3. The minimum Gasteiger partial charge on any atom is -0.445 e. The van der Waals surface area contributed by atoms with Crippen LogP contribution in [0.4, 0.5) is 4.79 Å². The summed E-state index contributed by atoms with van der Waals surface area (Å²) < 4.78 is 5.25. The Morgan fingerprint density at radius 1 is 1.32 bits per heavy atom.